The van der Waals surface area contributed by atoms with Crippen LogP contribution in [0.3, 0.4) is 0 Å². The minimum Gasteiger partial charge on any atom is -0.423 e. The highest BCUT2D eigenvalue weighted by Gasteiger charge is 2.22. The molecule has 6 heterocycles. The first-order chi connectivity index (χ1) is 52.3. The molecule has 0 atom stereocenters. The van der Waals surface area contributed by atoms with Gasteiger partial charge in [0, 0.05) is 77.1 Å². The van der Waals surface area contributed by atoms with Crippen molar-refractivity contribution in [3.63, 3.8) is 0 Å². The molecule has 2 N–H and O–H groups in total. The molecule has 500 valence electrons. The SMILES string of the molecule is Clc1ccc(-c2ccnc3c2sc2ccccc23)cc1-c1cc(-c2ccccc2)nc(-c2ccccc2)n1.OB(O)c1cc2ccccc2c2ccccc12.c1ccc(-c2cc(-c3cc(-c4ccnc5c4sc4ccccc45)ccc3-c3cc4ccccc4c4ccccc34)nc(-c3ccccc3)n2)cc1. The van der Waals surface area contributed by atoms with Crippen LogP contribution in [0.25, 0.3) is 185 Å². The number of nitrogens with zero attached hydrogens (tertiary/aromatic N) is 6. The number of pyridine rings is 2. The maximum atomic E-state index is 9.44. The van der Waals surface area contributed by atoms with E-state index in [2.05, 4.69) is 200 Å². The largest absolute Gasteiger partial charge is 0.489 e. The van der Waals surface area contributed by atoms with Gasteiger partial charge in [0.15, 0.2) is 11.6 Å². The topological polar surface area (TPSA) is 118 Å². The average Bonchev–Trinajstić information content (AvgIpc) is 1.19. The maximum absolute atomic E-state index is 9.44. The van der Waals surface area contributed by atoms with Crippen LogP contribution in [0.2, 0.25) is 5.02 Å². The minimum atomic E-state index is -1.44. The highest BCUT2D eigenvalue weighted by atomic mass is 35.5. The Morgan fingerprint density at radius 2 is 0.651 bits per heavy atom. The van der Waals surface area contributed by atoms with Crippen molar-refractivity contribution in [2.45, 2.75) is 0 Å². The van der Waals surface area contributed by atoms with E-state index in [1.54, 1.807) is 22.7 Å². The first kappa shape index (κ1) is 65.3. The number of rotatable bonds is 10. The molecule has 12 heteroatoms. The van der Waals surface area contributed by atoms with Crippen LogP contribution in [-0.4, -0.2) is 47.1 Å². The Kier molecular flexibility index (Phi) is 17.6. The fourth-order valence-corrected chi connectivity index (χ4v) is 17.0. The lowest BCUT2D eigenvalue weighted by Gasteiger charge is -2.17. The Labute approximate surface area is 624 Å². The lowest BCUT2D eigenvalue weighted by molar-refractivity contribution is 0.426. The molecular formula is C94H60BClN6O2S2. The molecule has 20 rings (SSSR count). The molecular weight excluding hydrogens is 1360 g/mol. The maximum Gasteiger partial charge on any atom is 0.489 e. The molecule has 106 heavy (non-hydrogen) atoms. The number of aromatic nitrogens is 6. The van der Waals surface area contributed by atoms with Crippen molar-refractivity contribution in [3.05, 3.63) is 357 Å². The first-order valence-corrected chi connectivity index (χ1v) is 37.0. The number of thiophene rings is 2. The number of fused-ring (bicyclic) bond motifs is 12. The number of benzene rings is 14. The predicted octanol–water partition coefficient (Wildman–Crippen LogP) is 24.1. The minimum absolute atomic E-state index is 0.555. The van der Waals surface area contributed by atoms with Gasteiger partial charge in [-0.15, -0.1) is 22.7 Å². The van der Waals surface area contributed by atoms with Gasteiger partial charge in [-0.2, -0.15) is 0 Å². The van der Waals surface area contributed by atoms with E-state index in [1.165, 1.54) is 56.7 Å². The van der Waals surface area contributed by atoms with Crippen LogP contribution in [-0.2, 0) is 0 Å². The summed E-state index contributed by atoms with van der Waals surface area (Å²) in [5.41, 5.74) is 18.7. The van der Waals surface area contributed by atoms with E-state index in [0.717, 1.165) is 117 Å². The molecule has 14 aromatic carbocycles. The van der Waals surface area contributed by atoms with E-state index in [-0.39, 0.29) is 0 Å². The fraction of sp³-hybridized carbons (Fsp3) is 0. The van der Waals surface area contributed by atoms with Gasteiger partial charge in [0.25, 0.3) is 0 Å². The van der Waals surface area contributed by atoms with Gasteiger partial charge in [0.1, 0.15) is 0 Å². The van der Waals surface area contributed by atoms with Crippen LogP contribution in [0.4, 0.5) is 0 Å². The first-order valence-electron chi connectivity index (χ1n) is 34.9. The molecule has 0 aliphatic heterocycles. The van der Waals surface area contributed by atoms with Crippen LogP contribution in [0.15, 0.2) is 352 Å². The van der Waals surface area contributed by atoms with E-state index in [1.807, 2.05) is 152 Å². The third-order valence-electron chi connectivity index (χ3n) is 19.5. The van der Waals surface area contributed by atoms with Gasteiger partial charge < -0.3 is 10.0 Å². The number of hydrogen-bond acceptors (Lipinski definition) is 10. The second-order valence-electron chi connectivity index (χ2n) is 25.9. The van der Waals surface area contributed by atoms with Crippen LogP contribution in [0.5, 0.6) is 0 Å². The van der Waals surface area contributed by atoms with Crippen LogP contribution >= 0.6 is 34.3 Å². The quantitative estimate of drug-likeness (QED) is 0.103. The predicted molar refractivity (Wildman–Crippen MR) is 446 cm³/mol. The highest BCUT2D eigenvalue weighted by Crippen LogP contribution is 2.46. The van der Waals surface area contributed by atoms with E-state index >= 15 is 0 Å². The summed E-state index contributed by atoms with van der Waals surface area (Å²) in [5, 5.41) is 30.9. The normalized spacial score (nSPS) is 11.3. The van der Waals surface area contributed by atoms with Gasteiger partial charge in [-0.3, -0.25) is 9.97 Å². The molecule has 0 radical (unpaired) electrons. The standard InChI is InChI=1S/C47H29N3S.C33H20ClN3S.C14H11BO2/c1-3-13-30(14-4-1)42-29-43(50-47(49-42)31-15-5-2-6-16-31)41-28-33(35-25-26-48-45-39-21-11-12-22-44(39)51-46(35)45)23-24-38(41)40-27-32-17-7-8-18-34(32)36-19-9-10-20-37(36)40;34-27-16-15-23(24-17-18-35-31-25-13-7-8-14-30(25)38-32(24)31)19-26(27)29-20-28(21-9-3-1-4-10-21)36-33(37-29)22-11-5-2-6-12-22;16-15(17)14-9-10-5-1-2-6-11(10)12-7-3-4-8-13(12)14/h1-29H;1-20H;1-9,16-17H. The second kappa shape index (κ2) is 28.5. The smallest absolute Gasteiger partial charge is 0.423 e. The van der Waals surface area contributed by atoms with Crippen molar-refractivity contribution in [1.29, 1.82) is 0 Å². The third kappa shape index (κ3) is 12.6. The molecule has 0 saturated carbocycles. The third-order valence-corrected chi connectivity index (χ3v) is 22.2. The molecule has 0 fully saturated rings. The second-order valence-corrected chi connectivity index (χ2v) is 28.4. The molecule has 6 aromatic heterocycles. The summed E-state index contributed by atoms with van der Waals surface area (Å²) >= 11 is 10.4. The van der Waals surface area contributed by atoms with Gasteiger partial charge >= 0.3 is 7.12 Å². The lowest BCUT2D eigenvalue weighted by Crippen LogP contribution is -2.30. The Morgan fingerprint density at radius 3 is 1.16 bits per heavy atom. The molecule has 0 spiro atoms. The monoisotopic (exact) mass is 1410 g/mol. The van der Waals surface area contributed by atoms with E-state index in [4.69, 9.17) is 41.5 Å². The molecule has 0 saturated heterocycles. The Morgan fingerprint density at radius 1 is 0.264 bits per heavy atom. The van der Waals surface area contributed by atoms with Crippen LogP contribution in [0, 0.1) is 0 Å². The van der Waals surface area contributed by atoms with Gasteiger partial charge in [0.2, 0.25) is 0 Å². The van der Waals surface area contributed by atoms with E-state index < -0.39 is 7.12 Å². The summed E-state index contributed by atoms with van der Waals surface area (Å²) in [5.74, 6) is 1.36. The van der Waals surface area contributed by atoms with Crippen molar-refractivity contribution in [2.24, 2.45) is 0 Å². The van der Waals surface area contributed by atoms with Crippen LogP contribution in [0.1, 0.15) is 0 Å². The summed E-state index contributed by atoms with van der Waals surface area (Å²) < 4.78 is 4.82. The molecule has 0 unspecified atom stereocenters. The average molecular weight is 1420 g/mol. The molecule has 0 aliphatic carbocycles. The van der Waals surface area contributed by atoms with Gasteiger partial charge in [-0.05, 0) is 131 Å². The summed E-state index contributed by atoms with van der Waals surface area (Å²) in [6.07, 6.45) is 3.82. The Hall–Kier alpha value is -12.7. The lowest BCUT2D eigenvalue weighted by atomic mass is 9.76. The van der Waals surface area contributed by atoms with E-state index in [9.17, 15) is 10.0 Å². The summed E-state index contributed by atoms with van der Waals surface area (Å²) in [6, 6.07) is 117. The zero-order valence-corrected chi connectivity index (χ0v) is 59.2. The number of halogens is 1. The van der Waals surface area contributed by atoms with Crippen molar-refractivity contribution < 1.29 is 10.0 Å². The zero-order chi connectivity index (χ0) is 71.0. The Bertz CT molecular complexity index is 6600. The summed E-state index contributed by atoms with van der Waals surface area (Å²) in [4.78, 5) is 29.9. The van der Waals surface area contributed by atoms with E-state index in [0.29, 0.717) is 22.1 Å². The van der Waals surface area contributed by atoms with Gasteiger partial charge in [0.05, 0.1) is 48.2 Å². The van der Waals surface area contributed by atoms with Gasteiger partial charge in [-0.25, -0.2) is 19.9 Å². The molecule has 8 nitrogen and oxygen atoms in total. The van der Waals surface area contributed by atoms with Crippen molar-refractivity contribution >= 4 is 131 Å². The number of hydrogen-bond donors (Lipinski definition) is 2. The van der Waals surface area contributed by atoms with Crippen LogP contribution < -0.4 is 5.46 Å². The van der Waals surface area contributed by atoms with Crippen molar-refractivity contribution in [3.8, 4) is 101 Å². The van der Waals surface area contributed by atoms with Crippen molar-refractivity contribution in [2.75, 3.05) is 0 Å². The Balaban J connectivity index is 0.000000126. The summed E-state index contributed by atoms with van der Waals surface area (Å²) in [6.45, 7) is 0. The van der Waals surface area contributed by atoms with Gasteiger partial charge in [-0.1, -0.05) is 291 Å². The molecule has 0 aliphatic rings. The highest BCUT2D eigenvalue weighted by molar-refractivity contribution is 7.26. The van der Waals surface area contributed by atoms with Crippen molar-refractivity contribution in [1.82, 2.24) is 29.9 Å². The molecule has 20 aromatic rings. The zero-order valence-electron chi connectivity index (χ0n) is 56.8. The molecule has 0 bridgehead atoms. The fourth-order valence-electron chi connectivity index (χ4n) is 14.4. The molecule has 0 amide bonds. The summed E-state index contributed by atoms with van der Waals surface area (Å²) in [7, 11) is -1.44.